The van der Waals surface area contributed by atoms with Crippen molar-refractivity contribution in [1.82, 2.24) is 10.9 Å². The summed E-state index contributed by atoms with van der Waals surface area (Å²) in [5.41, 5.74) is 21.5. The fraction of sp³-hybridized carbons (Fsp3) is 0. The lowest BCUT2D eigenvalue weighted by atomic mass is 9.97. The van der Waals surface area contributed by atoms with E-state index in [-0.39, 0.29) is 10.2 Å². The maximum Gasteiger partial charge on any atom is 0.184 e. The lowest BCUT2D eigenvalue weighted by molar-refractivity contribution is 1.03. The molecule has 0 amide bonds. The van der Waals surface area contributed by atoms with E-state index in [1.807, 2.05) is 84.9 Å². The highest BCUT2D eigenvalue weighted by molar-refractivity contribution is 7.80. The Morgan fingerprint density at radius 3 is 1.13 bits per heavy atom. The summed E-state index contributed by atoms with van der Waals surface area (Å²) in [6.07, 6.45) is 0. The first kappa shape index (κ1) is 21.1. The van der Waals surface area contributed by atoms with Gasteiger partial charge in [-0.3, -0.25) is 10.9 Å². The van der Waals surface area contributed by atoms with Gasteiger partial charge >= 0.3 is 0 Å². The first-order chi connectivity index (χ1) is 14.5. The molecule has 0 heterocycles. The van der Waals surface area contributed by atoms with E-state index < -0.39 is 0 Å². The van der Waals surface area contributed by atoms with E-state index in [9.17, 15) is 0 Å². The van der Waals surface area contributed by atoms with Gasteiger partial charge in [-0.2, -0.15) is 10.2 Å². The molecule has 30 heavy (non-hydrogen) atoms. The van der Waals surface area contributed by atoms with E-state index >= 15 is 0 Å². The molecule has 3 aromatic carbocycles. The first-order valence-electron chi connectivity index (χ1n) is 9.02. The summed E-state index contributed by atoms with van der Waals surface area (Å²) in [4.78, 5) is 0. The highest BCUT2D eigenvalue weighted by atomic mass is 32.1. The van der Waals surface area contributed by atoms with Gasteiger partial charge in [-0.25, -0.2) is 0 Å². The van der Waals surface area contributed by atoms with E-state index in [1.165, 1.54) is 0 Å². The van der Waals surface area contributed by atoms with E-state index in [1.54, 1.807) is 0 Å². The zero-order valence-electron chi connectivity index (χ0n) is 15.9. The van der Waals surface area contributed by atoms with E-state index in [0.717, 1.165) is 33.7 Å². The van der Waals surface area contributed by atoms with E-state index in [0.29, 0.717) is 0 Å². The molecule has 0 fully saturated rings. The minimum Gasteiger partial charge on any atom is -0.375 e. The fourth-order valence-corrected chi connectivity index (χ4v) is 2.88. The van der Waals surface area contributed by atoms with Crippen LogP contribution in [0.25, 0.3) is 0 Å². The van der Waals surface area contributed by atoms with Crippen molar-refractivity contribution in [2.24, 2.45) is 21.7 Å². The second-order valence-electron chi connectivity index (χ2n) is 6.18. The van der Waals surface area contributed by atoms with Crippen molar-refractivity contribution in [3.8, 4) is 0 Å². The molecule has 0 bridgehead atoms. The lowest BCUT2D eigenvalue weighted by Crippen LogP contribution is -2.26. The van der Waals surface area contributed by atoms with Gasteiger partial charge in [-0.1, -0.05) is 84.9 Å². The molecule has 8 heteroatoms. The van der Waals surface area contributed by atoms with Crippen LogP contribution in [-0.2, 0) is 0 Å². The quantitative estimate of drug-likeness (QED) is 0.271. The summed E-state index contributed by atoms with van der Waals surface area (Å²) in [6, 6.07) is 27.4. The van der Waals surface area contributed by atoms with Crippen molar-refractivity contribution in [2.75, 3.05) is 0 Å². The molecular weight excluding hydrogens is 412 g/mol. The van der Waals surface area contributed by atoms with Gasteiger partial charge < -0.3 is 11.5 Å². The number of nitrogens with one attached hydrogen (secondary N) is 2. The summed E-state index contributed by atoms with van der Waals surface area (Å²) in [5.74, 6) is 0. The van der Waals surface area contributed by atoms with Crippen molar-refractivity contribution in [1.29, 1.82) is 0 Å². The Bertz CT molecular complexity index is 989. The normalized spacial score (nSPS) is 11.6. The summed E-state index contributed by atoms with van der Waals surface area (Å²) < 4.78 is 0. The zero-order valence-corrected chi connectivity index (χ0v) is 17.6. The summed E-state index contributed by atoms with van der Waals surface area (Å²) in [7, 11) is 0. The number of nitrogens with zero attached hydrogens (tertiary/aromatic N) is 2. The van der Waals surface area contributed by atoms with Crippen LogP contribution in [0.4, 0.5) is 0 Å². The number of hydrogen-bond acceptors (Lipinski definition) is 4. The average molecular weight is 433 g/mol. The fourth-order valence-electron chi connectivity index (χ4n) is 2.79. The molecule has 6 N–H and O–H groups in total. The SMILES string of the molecule is NC(=S)NN=C(c1ccccc1)c1ccc(/C(=N\NC(N)=S)c2ccccc2)cc1. The Labute approximate surface area is 185 Å². The Hall–Kier alpha value is -3.62. The minimum absolute atomic E-state index is 0.0994. The van der Waals surface area contributed by atoms with Crippen LogP contribution >= 0.6 is 24.4 Å². The minimum atomic E-state index is 0.0994. The summed E-state index contributed by atoms with van der Waals surface area (Å²) in [5, 5.41) is 8.96. The highest BCUT2D eigenvalue weighted by Gasteiger charge is 2.11. The first-order valence-corrected chi connectivity index (χ1v) is 9.84. The lowest BCUT2D eigenvalue weighted by Gasteiger charge is -2.11. The molecule has 6 nitrogen and oxygen atoms in total. The van der Waals surface area contributed by atoms with Crippen molar-refractivity contribution in [3.05, 3.63) is 107 Å². The van der Waals surface area contributed by atoms with Crippen molar-refractivity contribution in [3.63, 3.8) is 0 Å². The summed E-state index contributed by atoms with van der Waals surface area (Å²) >= 11 is 9.78. The van der Waals surface area contributed by atoms with E-state index in [4.69, 9.17) is 35.9 Å². The molecule has 0 aromatic heterocycles. The third-order valence-electron chi connectivity index (χ3n) is 4.08. The molecule has 0 aliphatic heterocycles. The van der Waals surface area contributed by atoms with E-state index in [2.05, 4.69) is 21.1 Å². The van der Waals surface area contributed by atoms with Crippen molar-refractivity contribution >= 4 is 46.1 Å². The van der Waals surface area contributed by atoms with Crippen LogP contribution in [0.15, 0.2) is 95.1 Å². The molecule has 0 atom stereocenters. The molecule has 0 aliphatic rings. The Morgan fingerprint density at radius 1 is 0.533 bits per heavy atom. The highest BCUT2D eigenvalue weighted by Crippen LogP contribution is 2.15. The average Bonchev–Trinajstić information content (AvgIpc) is 2.76. The van der Waals surface area contributed by atoms with Crippen LogP contribution in [0.5, 0.6) is 0 Å². The molecule has 3 rings (SSSR count). The van der Waals surface area contributed by atoms with Crippen LogP contribution in [0.3, 0.4) is 0 Å². The molecule has 0 radical (unpaired) electrons. The number of rotatable bonds is 6. The second-order valence-corrected chi connectivity index (χ2v) is 7.06. The molecule has 150 valence electrons. The van der Waals surface area contributed by atoms with Crippen LogP contribution in [0.2, 0.25) is 0 Å². The van der Waals surface area contributed by atoms with Gasteiger partial charge in [-0.05, 0) is 24.4 Å². The largest absolute Gasteiger partial charge is 0.375 e. The molecule has 0 aliphatic carbocycles. The Kier molecular flexibility index (Phi) is 7.20. The van der Waals surface area contributed by atoms with Gasteiger partial charge in [0, 0.05) is 22.3 Å². The molecule has 3 aromatic rings. The van der Waals surface area contributed by atoms with Crippen molar-refractivity contribution < 1.29 is 0 Å². The van der Waals surface area contributed by atoms with Gasteiger partial charge in [0.1, 0.15) is 0 Å². The van der Waals surface area contributed by atoms with Gasteiger partial charge in [0.25, 0.3) is 0 Å². The third kappa shape index (κ3) is 5.69. The number of benzene rings is 3. The maximum atomic E-state index is 5.55. The third-order valence-corrected chi connectivity index (χ3v) is 4.26. The smallest absolute Gasteiger partial charge is 0.184 e. The van der Waals surface area contributed by atoms with Gasteiger partial charge in [0.2, 0.25) is 0 Å². The molecule has 0 spiro atoms. The molecule has 0 saturated heterocycles. The predicted octanol–water partition coefficient (Wildman–Crippen LogP) is 2.86. The van der Waals surface area contributed by atoms with Crippen LogP contribution in [0, 0.1) is 0 Å². The number of hydrazone groups is 2. The summed E-state index contributed by atoms with van der Waals surface area (Å²) in [6.45, 7) is 0. The van der Waals surface area contributed by atoms with Crippen LogP contribution in [0.1, 0.15) is 22.3 Å². The number of hydrogen-bond donors (Lipinski definition) is 4. The standard InChI is InChI=1S/C22H20N6S2/c23-21(29)27-25-19(15-7-3-1-4-8-15)17-11-13-18(14-12-17)20(26-28-22(24)30)16-9-5-2-6-10-16/h1-14H,(H3,23,27,29)(H3,24,28,30)/b25-19-,26-20?. The molecule has 0 unspecified atom stereocenters. The second kappa shape index (κ2) is 10.2. The maximum absolute atomic E-state index is 5.55. The van der Waals surface area contributed by atoms with Gasteiger partial charge in [0.05, 0.1) is 11.4 Å². The van der Waals surface area contributed by atoms with Crippen molar-refractivity contribution in [2.45, 2.75) is 0 Å². The zero-order chi connectivity index (χ0) is 21.3. The number of nitrogens with two attached hydrogens (primary N) is 2. The van der Waals surface area contributed by atoms with Gasteiger partial charge in [-0.15, -0.1) is 0 Å². The molecule has 0 saturated carbocycles. The topological polar surface area (TPSA) is 101 Å². The van der Waals surface area contributed by atoms with Crippen LogP contribution < -0.4 is 22.3 Å². The van der Waals surface area contributed by atoms with Crippen LogP contribution in [-0.4, -0.2) is 21.6 Å². The predicted molar refractivity (Wildman–Crippen MR) is 130 cm³/mol. The Balaban J connectivity index is 1.99. The Morgan fingerprint density at radius 2 is 0.833 bits per heavy atom. The monoisotopic (exact) mass is 432 g/mol. The molecular formula is C22H20N6S2. The number of thiocarbonyl (C=S) groups is 2. The van der Waals surface area contributed by atoms with Gasteiger partial charge in [0.15, 0.2) is 10.2 Å².